The Balaban J connectivity index is 1.38. The number of rotatable bonds is 7. The fourth-order valence-corrected chi connectivity index (χ4v) is 6.65. The van der Waals surface area contributed by atoms with E-state index < -0.39 is 0 Å². The first kappa shape index (κ1) is 29.1. The van der Waals surface area contributed by atoms with Crippen molar-refractivity contribution in [3.8, 4) is 0 Å². The molecule has 218 valence electrons. The van der Waals surface area contributed by atoms with Gasteiger partial charge in [0.05, 0.1) is 31.1 Å². The van der Waals surface area contributed by atoms with Crippen LogP contribution in [0, 0.1) is 5.82 Å². The highest BCUT2D eigenvalue weighted by Gasteiger charge is 2.41. The predicted octanol–water partition coefficient (Wildman–Crippen LogP) is 3.77. The van der Waals surface area contributed by atoms with Gasteiger partial charge in [-0.05, 0) is 62.9 Å². The zero-order valence-corrected chi connectivity index (χ0v) is 25.0. The third-order valence-corrected chi connectivity index (χ3v) is 8.94. The molecule has 2 saturated heterocycles. The van der Waals surface area contributed by atoms with E-state index in [1.165, 1.54) is 12.1 Å². The van der Waals surface area contributed by atoms with Crippen molar-refractivity contribution < 1.29 is 13.9 Å². The average molecular weight is 552 g/mol. The van der Waals surface area contributed by atoms with Gasteiger partial charge in [0.2, 0.25) is 5.91 Å². The Kier molecular flexibility index (Phi) is 8.62. The predicted molar refractivity (Wildman–Crippen MR) is 157 cm³/mol. The van der Waals surface area contributed by atoms with Crippen LogP contribution in [0.25, 0.3) is 0 Å². The van der Waals surface area contributed by atoms with Crippen molar-refractivity contribution in [3.63, 3.8) is 0 Å². The van der Waals surface area contributed by atoms with Crippen LogP contribution in [0.1, 0.15) is 64.1 Å². The molecule has 1 N–H and O–H groups in total. The number of aromatic nitrogens is 1. The van der Waals surface area contributed by atoms with E-state index >= 15 is 0 Å². The highest BCUT2D eigenvalue weighted by molar-refractivity contribution is 5.97. The maximum absolute atomic E-state index is 14.1. The van der Waals surface area contributed by atoms with E-state index in [4.69, 9.17) is 9.72 Å². The number of benzene rings is 1. The molecule has 0 unspecified atom stereocenters. The number of carbonyl (C=O) groups excluding carboxylic acids is 1. The van der Waals surface area contributed by atoms with Crippen LogP contribution in [0.15, 0.2) is 30.3 Å². The van der Waals surface area contributed by atoms with E-state index in [0.29, 0.717) is 37.6 Å². The number of amides is 1. The van der Waals surface area contributed by atoms with Gasteiger partial charge in [-0.25, -0.2) is 4.39 Å². The number of nitrogens with zero attached hydrogens (tertiary/aromatic N) is 4. The average Bonchev–Trinajstić information content (AvgIpc) is 3.18. The summed E-state index contributed by atoms with van der Waals surface area (Å²) in [5.74, 6) is -0.101. The van der Waals surface area contributed by atoms with Gasteiger partial charge in [-0.15, -0.1) is 0 Å². The molecule has 40 heavy (non-hydrogen) atoms. The van der Waals surface area contributed by atoms with E-state index in [-0.39, 0.29) is 23.2 Å². The molecule has 0 bridgehead atoms. The molecular weight excluding hydrogens is 505 g/mol. The summed E-state index contributed by atoms with van der Waals surface area (Å²) in [6, 6.07) is 10.2. The molecule has 4 heterocycles. The van der Waals surface area contributed by atoms with Crippen LogP contribution in [0.2, 0.25) is 0 Å². The standard InChI is InChI=1S/C32H46FN5O2/c1-7-28-25(12-24-8-10-26(33)11-9-24)13-29-31(35-28)32(5,6)20-38(29)30(39)17-36-15-21(2)34-14-27(36)16-37-22(3)18-40-19-23(37)4/h8-11,13,21-23,27,34H,7,12,14-20H2,1-6H3/t21-,22-,23-,27-/m1/s1. The molecule has 4 atom stereocenters. The van der Waals surface area contributed by atoms with E-state index in [1.54, 1.807) is 0 Å². The molecule has 0 aliphatic carbocycles. The highest BCUT2D eigenvalue weighted by Crippen LogP contribution is 2.41. The van der Waals surface area contributed by atoms with Gasteiger partial charge in [-0.3, -0.25) is 19.6 Å². The molecule has 0 spiro atoms. The third-order valence-electron chi connectivity index (χ3n) is 8.94. The summed E-state index contributed by atoms with van der Waals surface area (Å²) in [4.78, 5) is 26.1. The molecular formula is C32H46FN5O2. The number of ether oxygens (including phenoxy) is 1. The van der Waals surface area contributed by atoms with Crippen molar-refractivity contribution >= 4 is 11.6 Å². The van der Waals surface area contributed by atoms with Crippen molar-refractivity contribution in [3.05, 3.63) is 58.7 Å². The number of piperazine rings is 1. The summed E-state index contributed by atoms with van der Waals surface area (Å²) >= 11 is 0. The van der Waals surface area contributed by atoms with Gasteiger partial charge in [-0.1, -0.05) is 32.9 Å². The molecule has 7 nitrogen and oxygen atoms in total. The molecule has 5 rings (SSSR count). The van der Waals surface area contributed by atoms with Crippen LogP contribution in [0.5, 0.6) is 0 Å². The van der Waals surface area contributed by atoms with Gasteiger partial charge < -0.3 is 15.0 Å². The second-order valence-corrected chi connectivity index (χ2v) is 12.8. The third kappa shape index (κ3) is 6.10. The first-order valence-corrected chi connectivity index (χ1v) is 14.9. The molecule has 0 saturated carbocycles. The summed E-state index contributed by atoms with van der Waals surface area (Å²) < 4.78 is 19.3. The number of aryl methyl sites for hydroxylation is 1. The number of morpholine rings is 1. The van der Waals surface area contributed by atoms with Crippen LogP contribution < -0.4 is 10.2 Å². The Hall–Kier alpha value is -2.39. The minimum absolute atomic E-state index is 0.132. The zero-order valence-electron chi connectivity index (χ0n) is 25.0. The van der Waals surface area contributed by atoms with Crippen LogP contribution >= 0.6 is 0 Å². The molecule has 1 aromatic heterocycles. The lowest BCUT2D eigenvalue weighted by molar-refractivity contribution is -0.121. The summed E-state index contributed by atoms with van der Waals surface area (Å²) in [5.41, 5.74) is 4.90. The number of hydrogen-bond donors (Lipinski definition) is 1. The normalized spacial score (nSPS) is 27.1. The minimum Gasteiger partial charge on any atom is -0.378 e. The Morgan fingerprint density at radius 3 is 2.52 bits per heavy atom. The lowest BCUT2D eigenvalue weighted by Crippen LogP contribution is -2.63. The summed E-state index contributed by atoms with van der Waals surface area (Å²) in [6.07, 6.45) is 1.48. The number of hydrogen-bond acceptors (Lipinski definition) is 6. The van der Waals surface area contributed by atoms with Gasteiger partial charge in [-0.2, -0.15) is 0 Å². The number of carbonyl (C=O) groups is 1. The fraction of sp³-hybridized carbons (Fsp3) is 0.625. The van der Waals surface area contributed by atoms with Gasteiger partial charge in [0.15, 0.2) is 0 Å². The summed E-state index contributed by atoms with van der Waals surface area (Å²) in [7, 11) is 0. The lowest BCUT2D eigenvalue weighted by Gasteiger charge is -2.46. The Morgan fingerprint density at radius 1 is 1.15 bits per heavy atom. The fourth-order valence-electron chi connectivity index (χ4n) is 6.65. The molecule has 2 fully saturated rings. The summed E-state index contributed by atoms with van der Waals surface area (Å²) in [6.45, 7) is 18.3. The van der Waals surface area contributed by atoms with Gasteiger partial charge >= 0.3 is 0 Å². The molecule has 0 radical (unpaired) electrons. The molecule has 1 amide bonds. The second kappa shape index (κ2) is 11.8. The van der Waals surface area contributed by atoms with E-state index in [9.17, 15) is 9.18 Å². The number of fused-ring (bicyclic) bond motifs is 1. The number of anilines is 1. The topological polar surface area (TPSA) is 60.9 Å². The van der Waals surface area contributed by atoms with E-state index in [0.717, 1.165) is 67.5 Å². The van der Waals surface area contributed by atoms with Gasteiger partial charge in [0.25, 0.3) is 0 Å². The van der Waals surface area contributed by atoms with Crippen LogP contribution in [0.4, 0.5) is 10.1 Å². The van der Waals surface area contributed by atoms with Crippen LogP contribution in [0.3, 0.4) is 0 Å². The largest absolute Gasteiger partial charge is 0.378 e. The smallest absolute Gasteiger partial charge is 0.241 e. The Bertz CT molecular complexity index is 1190. The Labute approximate surface area is 239 Å². The quantitative estimate of drug-likeness (QED) is 0.566. The first-order valence-electron chi connectivity index (χ1n) is 14.9. The van der Waals surface area contributed by atoms with Crippen molar-refractivity contribution in [2.45, 2.75) is 84.0 Å². The van der Waals surface area contributed by atoms with Crippen molar-refractivity contribution in [2.24, 2.45) is 0 Å². The first-order chi connectivity index (χ1) is 19.1. The number of halogens is 1. The van der Waals surface area contributed by atoms with Crippen molar-refractivity contribution in [1.82, 2.24) is 20.1 Å². The molecule has 2 aromatic rings. The molecule has 8 heteroatoms. The molecule has 1 aromatic carbocycles. The van der Waals surface area contributed by atoms with Gasteiger partial charge in [0.1, 0.15) is 5.82 Å². The van der Waals surface area contributed by atoms with Crippen LogP contribution in [-0.4, -0.2) is 90.8 Å². The SMILES string of the molecule is CCc1nc2c(cc1Cc1ccc(F)cc1)N(C(=O)CN1C[C@@H](C)NC[C@@H]1CN1[C@H](C)COC[C@H]1C)CC2(C)C. The van der Waals surface area contributed by atoms with Crippen molar-refractivity contribution in [1.29, 1.82) is 0 Å². The van der Waals surface area contributed by atoms with Gasteiger partial charge in [0, 0.05) is 61.5 Å². The molecule has 3 aliphatic rings. The maximum Gasteiger partial charge on any atom is 0.241 e. The maximum atomic E-state index is 14.1. The van der Waals surface area contributed by atoms with E-state index in [1.807, 2.05) is 17.0 Å². The van der Waals surface area contributed by atoms with Crippen LogP contribution in [-0.2, 0) is 27.8 Å². The second-order valence-electron chi connectivity index (χ2n) is 12.8. The minimum atomic E-state index is -0.233. The lowest BCUT2D eigenvalue weighted by atomic mass is 9.90. The number of nitrogens with one attached hydrogen (secondary N) is 1. The monoisotopic (exact) mass is 551 g/mol. The highest BCUT2D eigenvalue weighted by atomic mass is 19.1. The summed E-state index contributed by atoms with van der Waals surface area (Å²) in [5, 5.41) is 3.64. The van der Waals surface area contributed by atoms with E-state index in [2.05, 4.69) is 62.7 Å². The zero-order chi connectivity index (χ0) is 28.6. The molecule has 3 aliphatic heterocycles. The Morgan fingerprint density at radius 2 is 1.85 bits per heavy atom. The van der Waals surface area contributed by atoms with Crippen molar-refractivity contribution in [2.75, 3.05) is 50.8 Å². The number of pyridine rings is 1.